The fourth-order valence-corrected chi connectivity index (χ4v) is 5.01. The number of nitrogens with zero attached hydrogens (tertiary/aromatic N) is 3. The molecule has 25 heavy (non-hydrogen) atoms. The third-order valence-corrected chi connectivity index (χ3v) is 6.43. The van der Waals surface area contributed by atoms with Gasteiger partial charge in [-0.15, -0.1) is 0 Å². The molecule has 0 radical (unpaired) electrons. The quantitative estimate of drug-likeness (QED) is 0.905. The summed E-state index contributed by atoms with van der Waals surface area (Å²) in [4.78, 5) is 15.1. The van der Waals surface area contributed by atoms with E-state index in [-0.39, 0.29) is 36.1 Å². The number of carbonyl (C=O) groups is 1. The summed E-state index contributed by atoms with van der Waals surface area (Å²) in [6.45, 7) is 2.75. The highest BCUT2D eigenvalue weighted by atomic mass is 19.3. The fourth-order valence-electron chi connectivity index (χ4n) is 5.01. The lowest BCUT2D eigenvalue weighted by Gasteiger charge is -2.38. The largest absolute Gasteiger partial charge is 0.353 e. The number of hydrogen-bond acceptors (Lipinski definition) is 3. The first kappa shape index (κ1) is 16.9. The van der Waals surface area contributed by atoms with E-state index in [0.29, 0.717) is 0 Å². The van der Waals surface area contributed by atoms with Gasteiger partial charge in [0.15, 0.2) is 0 Å². The zero-order valence-electron chi connectivity index (χ0n) is 14.7. The number of likely N-dealkylation sites (tertiary alicyclic amines) is 1. The Kier molecular flexibility index (Phi) is 4.09. The SMILES string of the molecule is Cn1nccc1CN1CC[C@]2(CCC[C@@H]2C(=O)NC2CC(F)(F)C2)C1. The van der Waals surface area contributed by atoms with Crippen LogP contribution in [0.5, 0.6) is 0 Å². The normalized spacial score (nSPS) is 32.2. The van der Waals surface area contributed by atoms with E-state index in [2.05, 4.69) is 15.3 Å². The van der Waals surface area contributed by atoms with Crippen molar-refractivity contribution in [2.75, 3.05) is 13.1 Å². The number of nitrogens with one attached hydrogen (secondary N) is 1. The minimum absolute atomic E-state index is 0.000355. The minimum atomic E-state index is -2.58. The van der Waals surface area contributed by atoms with E-state index in [4.69, 9.17) is 0 Å². The van der Waals surface area contributed by atoms with Crippen molar-refractivity contribution in [1.29, 1.82) is 0 Å². The molecule has 3 aliphatic rings. The predicted molar refractivity (Wildman–Crippen MR) is 89.0 cm³/mol. The molecule has 1 amide bonds. The molecule has 5 nitrogen and oxygen atoms in total. The third kappa shape index (κ3) is 3.18. The van der Waals surface area contributed by atoms with E-state index in [1.807, 2.05) is 17.8 Å². The summed E-state index contributed by atoms with van der Waals surface area (Å²) in [7, 11) is 1.95. The van der Waals surface area contributed by atoms with Gasteiger partial charge in [0.2, 0.25) is 5.91 Å². The van der Waals surface area contributed by atoms with E-state index in [9.17, 15) is 13.6 Å². The molecule has 2 atom stereocenters. The Balaban J connectivity index is 1.37. The van der Waals surface area contributed by atoms with Gasteiger partial charge in [0, 0.05) is 51.1 Å². The van der Waals surface area contributed by atoms with Gasteiger partial charge in [0.05, 0.1) is 5.69 Å². The summed E-state index contributed by atoms with van der Waals surface area (Å²) in [5, 5.41) is 7.10. The minimum Gasteiger partial charge on any atom is -0.353 e. The second-order valence-corrected chi connectivity index (χ2v) is 8.18. The number of amides is 1. The molecule has 1 aromatic rings. The highest BCUT2D eigenvalue weighted by Gasteiger charge is 2.52. The van der Waals surface area contributed by atoms with E-state index in [1.165, 1.54) is 5.69 Å². The van der Waals surface area contributed by atoms with Crippen molar-refractivity contribution in [1.82, 2.24) is 20.0 Å². The Morgan fingerprint density at radius 1 is 1.40 bits per heavy atom. The summed E-state index contributed by atoms with van der Waals surface area (Å²) in [5.74, 6) is -2.61. The van der Waals surface area contributed by atoms with Crippen LogP contribution in [0.3, 0.4) is 0 Å². The number of halogens is 2. The molecule has 1 spiro atoms. The van der Waals surface area contributed by atoms with Crippen LogP contribution >= 0.6 is 0 Å². The standard InChI is InChI=1S/C18H26F2N4O/c1-23-14(4-7-21-23)11-24-8-6-17(12-24)5-2-3-15(17)16(25)22-13-9-18(19,20)10-13/h4,7,13,15H,2-3,5-6,8-12H2,1H3,(H,22,25)/t15-,17-/m1/s1. The monoisotopic (exact) mass is 352 g/mol. The Morgan fingerprint density at radius 3 is 2.88 bits per heavy atom. The first-order valence-corrected chi connectivity index (χ1v) is 9.24. The van der Waals surface area contributed by atoms with Crippen LogP contribution in [0, 0.1) is 11.3 Å². The summed E-state index contributed by atoms with van der Waals surface area (Å²) >= 11 is 0. The van der Waals surface area contributed by atoms with Gasteiger partial charge >= 0.3 is 0 Å². The lowest BCUT2D eigenvalue weighted by atomic mass is 9.76. The van der Waals surface area contributed by atoms with Gasteiger partial charge in [-0.2, -0.15) is 5.10 Å². The summed E-state index contributed by atoms with van der Waals surface area (Å²) in [6.07, 6.45) is 5.42. The average Bonchev–Trinajstić information content (AvgIpc) is 3.21. The first-order valence-electron chi connectivity index (χ1n) is 9.24. The van der Waals surface area contributed by atoms with Crippen LogP contribution in [-0.4, -0.2) is 45.6 Å². The molecular weight excluding hydrogens is 326 g/mol. The fraction of sp³-hybridized carbons (Fsp3) is 0.778. The smallest absolute Gasteiger partial charge is 0.252 e. The van der Waals surface area contributed by atoms with Crippen LogP contribution in [0.15, 0.2) is 12.3 Å². The van der Waals surface area contributed by atoms with Crippen LogP contribution < -0.4 is 5.32 Å². The molecule has 2 aliphatic carbocycles. The van der Waals surface area contributed by atoms with E-state index in [0.717, 1.165) is 45.3 Å². The lowest BCUT2D eigenvalue weighted by molar-refractivity contribution is -0.135. The Bertz CT molecular complexity index is 653. The van der Waals surface area contributed by atoms with Crippen LogP contribution in [0.4, 0.5) is 8.78 Å². The zero-order chi connectivity index (χ0) is 17.7. The second-order valence-electron chi connectivity index (χ2n) is 8.18. The molecule has 1 aromatic heterocycles. The van der Waals surface area contributed by atoms with Crippen molar-refractivity contribution in [3.63, 3.8) is 0 Å². The average molecular weight is 352 g/mol. The van der Waals surface area contributed by atoms with Gasteiger partial charge in [-0.3, -0.25) is 14.4 Å². The van der Waals surface area contributed by atoms with Gasteiger partial charge in [-0.25, -0.2) is 8.78 Å². The Labute approximate surface area is 146 Å². The van der Waals surface area contributed by atoms with E-state index < -0.39 is 5.92 Å². The Hall–Kier alpha value is -1.50. The first-order chi connectivity index (χ1) is 11.9. The number of rotatable bonds is 4. The van der Waals surface area contributed by atoms with Crippen molar-refractivity contribution in [2.45, 2.75) is 57.0 Å². The molecule has 138 valence electrons. The van der Waals surface area contributed by atoms with Crippen molar-refractivity contribution >= 4 is 5.91 Å². The van der Waals surface area contributed by atoms with Gasteiger partial charge < -0.3 is 5.32 Å². The van der Waals surface area contributed by atoms with Gasteiger partial charge in [-0.1, -0.05) is 6.42 Å². The summed E-state index contributed by atoms with van der Waals surface area (Å²) < 4.78 is 27.9. The van der Waals surface area contributed by atoms with Gasteiger partial charge in [0.25, 0.3) is 5.92 Å². The maximum Gasteiger partial charge on any atom is 0.252 e. The maximum atomic E-state index is 13.0. The Morgan fingerprint density at radius 2 is 2.20 bits per heavy atom. The highest BCUT2D eigenvalue weighted by molar-refractivity contribution is 5.80. The van der Waals surface area contributed by atoms with Crippen LogP contribution in [0.2, 0.25) is 0 Å². The van der Waals surface area contributed by atoms with Gasteiger partial charge in [0.1, 0.15) is 0 Å². The number of alkyl halides is 2. The van der Waals surface area contributed by atoms with Gasteiger partial charge in [-0.05, 0) is 37.3 Å². The summed E-state index contributed by atoms with van der Waals surface area (Å²) in [5.41, 5.74) is 1.20. The molecule has 1 N–H and O–H groups in total. The number of hydrogen-bond donors (Lipinski definition) is 1. The van der Waals surface area contributed by atoms with Crippen molar-refractivity contribution in [3.05, 3.63) is 18.0 Å². The molecule has 3 fully saturated rings. The highest BCUT2D eigenvalue weighted by Crippen LogP contribution is 2.50. The molecular formula is C18H26F2N4O. The maximum absolute atomic E-state index is 13.0. The van der Waals surface area contributed by atoms with E-state index >= 15 is 0 Å². The van der Waals surface area contributed by atoms with Crippen LogP contribution in [-0.2, 0) is 18.4 Å². The van der Waals surface area contributed by atoms with Crippen LogP contribution in [0.25, 0.3) is 0 Å². The molecule has 4 rings (SSSR count). The zero-order valence-corrected chi connectivity index (χ0v) is 14.7. The van der Waals surface area contributed by atoms with E-state index in [1.54, 1.807) is 6.20 Å². The molecule has 0 aromatic carbocycles. The lowest BCUT2D eigenvalue weighted by Crippen LogP contribution is -2.53. The number of carbonyl (C=O) groups excluding carboxylic acids is 1. The second kappa shape index (κ2) is 6.04. The van der Waals surface area contributed by atoms with Crippen LogP contribution in [0.1, 0.15) is 44.2 Å². The molecule has 0 unspecified atom stereocenters. The van der Waals surface area contributed by atoms with Crippen molar-refractivity contribution in [2.24, 2.45) is 18.4 Å². The third-order valence-electron chi connectivity index (χ3n) is 6.43. The van der Waals surface area contributed by atoms with Crippen molar-refractivity contribution in [3.8, 4) is 0 Å². The summed E-state index contributed by atoms with van der Waals surface area (Å²) in [6, 6.07) is 1.69. The molecule has 7 heteroatoms. The predicted octanol–water partition coefficient (Wildman–Crippen LogP) is 2.33. The molecule has 2 saturated carbocycles. The van der Waals surface area contributed by atoms with Crippen molar-refractivity contribution < 1.29 is 13.6 Å². The number of aryl methyl sites for hydroxylation is 1. The topological polar surface area (TPSA) is 50.2 Å². The number of aromatic nitrogens is 2. The molecule has 0 bridgehead atoms. The molecule has 2 heterocycles. The molecule has 1 saturated heterocycles. The molecule has 1 aliphatic heterocycles.